The maximum Gasteiger partial charge on any atom is 0.336 e. The fourth-order valence-corrected chi connectivity index (χ4v) is 3.92. The number of nitrogens with one attached hydrogen (secondary N) is 1. The fourth-order valence-electron chi connectivity index (χ4n) is 3.92. The molecule has 0 unspecified atom stereocenters. The summed E-state index contributed by atoms with van der Waals surface area (Å²) in [5.41, 5.74) is 4.65. The van der Waals surface area contributed by atoms with Gasteiger partial charge in [0, 0.05) is 28.3 Å². The van der Waals surface area contributed by atoms with E-state index in [0.29, 0.717) is 28.2 Å². The lowest BCUT2D eigenvalue weighted by molar-refractivity contribution is -0.136. The summed E-state index contributed by atoms with van der Waals surface area (Å²) in [4.78, 5) is 25.9. The van der Waals surface area contributed by atoms with Crippen molar-refractivity contribution in [2.75, 3.05) is 13.7 Å². The van der Waals surface area contributed by atoms with Crippen molar-refractivity contribution in [3.05, 3.63) is 82.1 Å². The molecular weight excluding hydrogens is 366 g/mol. The van der Waals surface area contributed by atoms with Gasteiger partial charge in [-0.05, 0) is 24.6 Å². The molecule has 144 valence electrons. The minimum Gasteiger partial charge on any atom is -0.481 e. The second-order valence-electron chi connectivity index (χ2n) is 6.81. The monoisotopic (exact) mass is 385 g/mol. The maximum atomic E-state index is 13.3. The van der Waals surface area contributed by atoms with Crippen LogP contribution < -0.4 is 10.1 Å². The molecule has 1 atom stereocenters. The van der Waals surface area contributed by atoms with E-state index in [4.69, 9.17) is 15.9 Å². The number of carbonyl (C=O) groups excluding carboxylic acids is 2. The molecule has 2 aromatic rings. The van der Waals surface area contributed by atoms with Crippen molar-refractivity contribution in [1.29, 1.82) is 0 Å². The Hall–Kier alpha value is -3.78. The Morgan fingerprint density at radius 2 is 1.83 bits per heavy atom. The van der Waals surface area contributed by atoms with E-state index in [1.54, 1.807) is 18.2 Å². The van der Waals surface area contributed by atoms with Gasteiger partial charge in [-0.2, -0.15) is 0 Å². The molecule has 1 N–H and O–H groups in total. The third-order valence-corrected chi connectivity index (χ3v) is 5.19. The summed E-state index contributed by atoms with van der Waals surface area (Å²) in [5.74, 6) is 1.95. The summed E-state index contributed by atoms with van der Waals surface area (Å²) >= 11 is 0. The molecule has 0 amide bonds. The number of dihydropyridines is 1. The highest BCUT2D eigenvalue weighted by Gasteiger charge is 2.42. The summed E-state index contributed by atoms with van der Waals surface area (Å²) in [6.07, 6.45) is 5.24. The van der Waals surface area contributed by atoms with Crippen molar-refractivity contribution < 1.29 is 19.1 Å². The summed E-state index contributed by atoms with van der Waals surface area (Å²) in [7, 11) is 1.34. The van der Waals surface area contributed by atoms with E-state index < -0.39 is 11.9 Å². The minimum absolute atomic E-state index is 0.0883. The molecule has 0 saturated carbocycles. The van der Waals surface area contributed by atoms with Crippen LogP contribution in [0, 0.1) is 12.3 Å². The lowest BCUT2D eigenvalue weighted by Gasteiger charge is -2.29. The average molecular weight is 385 g/mol. The summed E-state index contributed by atoms with van der Waals surface area (Å²) in [6, 6.07) is 14.7. The van der Waals surface area contributed by atoms with Crippen LogP contribution in [-0.4, -0.2) is 25.5 Å². The predicted octanol–water partition coefficient (Wildman–Crippen LogP) is 3.44. The molecule has 0 radical (unpaired) electrons. The first-order valence-electron chi connectivity index (χ1n) is 9.17. The van der Waals surface area contributed by atoms with E-state index in [1.807, 2.05) is 37.3 Å². The molecule has 0 bridgehead atoms. The van der Waals surface area contributed by atoms with E-state index in [-0.39, 0.29) is 12.4 Å². The predicted molar refractivity (Wildman–Crippen MR) is 109 cm³/mol. The number of Topliss-reactive ketones (excluding diaryl/α,β-unsaturated/α-hetero) is 1. The van der Waals surface area contributed by atoms with Gasteiger partial charge in [-0.1, -0.05) is 42.3 Å². The van der Waals surface area contributed by atoms with Crippen LogP contribution in [0.5, 0.6) is 5.75 Å². The zero-order valence-electron chi connectivity index (χ0n) is 16.1. The second-order valence-corrected chi connectivity index (χ2v) is 6.81. The molecule has 5 heteroatoms. The Balaban J connectivity index is 1.85. The van der Waals surface area contributed by atoms with Gasteiger partial charge in [-0.3, -0.25) is 4.79 Å². The van der Waals surface area contributed by atoms with E-state index in [1.165, 1.54) is 7.11 Å². The van der Waals surface area contributed by atoms with Crippen molar-refractivity contribution in [3.8, 4) is 18.1 Å². The van der Waals surface area contributed by atoms with Gasteiger partial charge < -0.3 is 14.8 Å². The zero-order chi connectivity index (χ0) is 20.5. The van der Waals surface area contributed by atoms with Crippen molar-refractivity contribution in [2.24, 2.45) is 0 Å². The maximum absolute atomic E-state index is 13.3. The van der Waals surface area contributed by atoms with Crippen molar-refractivity contribution in [2.45, 2.75) is 12.8 Å². The first kappa shape index (κ1) is 18.6. The summed E-state index contributed by atoms with van der Waals surface area (Å²) < 4.78 is 10.5. The minimum atomic E-state index is -0.541. The molecule has 2 aliphatic rings. The molecule has 0 fully saturated rings. The topological polar surface area (TPSA) is 64.6 Å². The van der Waals surface area contributed by atoms with E-state index in [2.05, 4.69) is 11.2 Å². The van der Waals surface area contributed by atoms with Crippen LogP contribution in [-0.2, 0) is 9.53 Å². The molecule has 5 nitrogen and oxygen atoms in total. The number of carbonyl (C=O) groups is 2. The Kier molecular flexibility index (Phi) is 4.69. The van der Waals surface area contributed by atoms with Crippen LogP contribution in [0.4, 0.5) is 0 Å². The molecule has 1 aliphatic heterocycles. The highest BCUT2D eigenvalue weighted by molar-refractivity contribution is 6.23. The second kappa shape index (κ2) is 7.33. The molecule has 0 saturated heterocycles. The van der Waals surface area contributed by atoms with Crippen LogP contribution >= 0.6 is 0 Å². The Morgan fingerprint density at radius 3 is 2.48 bits per heavy atom. The number of esters is 1. The summed E-state index contributed by atoms with van der Waals surface area (Å²) in [5, 5.41) is 3.26. The molecule has 0 spiro atoms. The number of methoxy groups -OCH3 is 1. The number of fused-ring (bicyclic) bond motifs is 2. The number of terminal acetylenes is 1. The molecule has 4 rings (SSSR count). The van der Waals surface area contributed by atoms with Gasteiger partial charge in [-0.15, -0.1) is 6.42 Å². The molecule has 1 heterocycles. The van der Waals surface area contributed by atoms with Gasteiger partial charge in [-0.25, -0.2) is 4.79 Å². The van der Waals surface area contributed by atoms with Gasteiger partial charge in [0.1, 0.15) is 12.4 Å². The Bertz CT molecular complexity index is 1120. The SMILES string of the molecule is C#CCOc1ccc([C@@H]2C(C(=O)OC)=C(C)NC3=C2C(=O)c2ccccc23)cc1. The number of hydrogen-bond acceptors (Lipinski definition) is 5. The van der Waals surface area contributed by atoms with Crippen LogP contribution in [0.2, 0.25) is 0 Å². The first-order valence-corrected chi connectivity index (χ1v) is 9.17. The lowest BCUT2D eigenvalue weighted by Crippen LogP contribution is -2.29. The van der Waals surface area contributed by atoms with Crippen LogP contribution in [0.15, 0.2) is 65.4 Å². The summed E-state index contributed by atoms with van der Waals surface area (Å²) in [6.45, 7) is 1.99. The van der Waals surface area contributed by atoms with Gasteiger partial charge >= 0.3 is 5.97 Å². The van der Waals surface area contributed by atoms with Gasteiger partial charge in [0.25, 0.3) is 0 Å². The highest BCUT2D eigenvalue weighted by atomic mass is 16.5. The molecule has 0 aromatic heterocycles. The average Bonchev–Trinajstić information content (AvgIpc) is 3.03. The number of ketones is 1. The quantitative estimate of drug-likeness (QED) is 0.645. The number of benzene rings is 2. The zero-order valence-corrected chi connectivity index (χ0v) is 16.1. The van der Waals surface area contributed by atoms with Crippen LogP contribution in [0.1, 0.15) is 34.3 Å². The molecule has 1 aliphatic carbocycles. The normalized spacial score (nSPS) is 17.3. The van der Waals surface area contributed by atoms with E-state index >= 15 is 0 Å². The molecular formula is C24H19NO4. The van der Waals surface area contributed by atoms with Crippen LogP contribution in [0.25, 0.3) is 5.70 Å². The van der Waals surface area contributed by atoms with E-state index in [9.17, 15) is 9.59 Å². The first-order chi connectivity index (χ1) is 14.1. The third kappa shape index (κ3) is 2.99. The number of hydrogen-bond donors (Lipinski definition) is 1. The van der Waals surface area contributed by atoms with Crippen LogP contribution in [0.3, 0.4) is 0 Å². The van der Waals surface area contributed by atoms with Gasteiger partial charge in [0.15, 0.2) is 5.78 Å². The Morgan fingerprint density at radius 1 is 1.14 bits per heavy atom. The Labute approximate surface area is 169 Å². The number of allylic oxidation sites excluding steroid dienone is 2. The van der Waals surface area contributed by atoms with Gasteiger partial charge in [0.05, 0.1) is 18.4 Å². The van der Waals surface area contributed by atoms with Crippen molar-refractivity contribution in [3.63, 3.8) is 0 Å². The fraction of sp³-hybridized carbons (Fsp3) is 0.167. The van der Waals surface area contributed by atoms with Crippen molar-refractivity contribution >= 4 is 17.4 Å². The number of ether oxygens (including phenoxy) is 2. The van der Waals surface area contributed by atoms with Gasteiger partial charge in [0.2, 0.25) is 0 Å². The standard InChI is InChI=1S/C24H19NO4/c1-4-13-29-16-11-9-15(10-12-16)20-19(24(27)28-3)14(2)25-22-17-7-5-6-8-18(17)23(26)21(20)22/h1,5-12,20,25H,13H2,2-3H3/t20-/m1/s1. The van der Waals surface area contributed by atoms with Crippen molar-refractivity contribution in [1.82, 2.24) is 5.32 Å². The smallest absolute Gasteiger partial charge is 0.336 e. The largest absolute Gasteiger partial charge is 0.481 e. The third-order valence-electron chi connectivity index (χ3n) is 5.19. The highest BCUT2D eigenvalue weighted by Crippen LogP contribution is 2.46. The number of rotatable bonds is 4. The molecule has 2 aromatic carbocycles. The molecule has 29 heavy (non-hydrogen) atoms. The van der Waals surface area contributed by atoms with E-state index in [0.717, 1.165) is 16.8 Å². The lowest BCUT2D eigenvalue weighted by atomic mass is 9.80.